The van der Waals surface area contributed by atoms with E-state index < -0.39 is 0 Å². The number of nitrogens with zero attached hydrogens (tertiary/aromatic N) is 2. The van der Waals surface area contributed by atoms with Gasteiger partial charge in [0.25, 0.3) is 5.56 Å². The number of carbonyl (C=O) groups excluding carboxylic acids is 1. The number of aryl methyl sites for hydroxylation is 2. The van der Waals surface area contributed by atoms with Gasteiger partial charge in [0.1, 0.15) is 4.83 Å². The normalized spacial score (nSPS) is 18.4. The number of hydrogen-bond acceptors (Lipinski definition) is 5. The number of rotatable bonds is 5. The molecular formula is C23H25N3O2S2. The molecule has 7 heteroatoms. The third-order valence-corrected chi connectivity index (χ3v) is 8.02. The first kappa shape index (κ1) is 19.8. The van der Waals surface area contributed by atoms with Crippen LogP contribution in [-0.2, 0) is 17.6 Å². The van der Waals surface area contributed by atoms with Crippen molar-refractivity contribution in [3.05, 3.63) is 50.6 Å². The van der Waals surface area contributed by atoms with Crippen molar-refractivity contribution >= 4 is 39.2 Å². The zero-order valence-electron chi connectivity index (χ0n) is 17.2. The van der Waals surface area contributed by atoms with Crippen LogP contribution in [0.15, 0.2) is 34.2 Å². The van der Waals surface area contributed by atoms with Crippen molar-refractivity contribution in [2.24, 2.45) is 5.92 Å². The lowest BCUT2D eigenvalue weighted by Crippen LogP contribution is -2.28. The van der Waals surface area contributed by atoms with E-state index in [1.807, 2.05) is 31.2 Å². The van der Waals surface area contributed by atoms with Gasteiger partial charge in [-0.1, -0.05) is 36.9 Å². The molecule has 5 rings (SSSR count). The predicted molar refractivity (Wildman–Crippen MR) is 123 cm³/mol. The molecule has 2 aliphatic rings. The number of amides is 1. The van der Waals surface area contributed by atoms with Crippen molar-refractivity contribution in [2.45, 2.75) is 57.1 Å². The Hall–Kier alpha value is -2.12. The summed E-state index contributed by atoms with van der Waals surface area (Å²) in [7, 11) is 0. The molecule has 1 amide bonds. The lowest BCUT2D eigenvalue weighted by molar-refractivity contribution is -0.118. The molecule has 0 saturated heterocycles. The molecular weight excluding hydrogens is 414 g/mol. The summed E-state index contributed by atoms with van der Waals surface area (Å²) in [4.78, 5) is 33.1. The Labute approximate surface area is 183 Å². The maximum absolute atomic E-state index is 13.8. The highest BCUT2D eigenvalue weighted by molar-refractivity contribution is 7.99. The van der Waals surface area contributed by atoms with Crippen LogP contribution in [0.25, 0.3) is 15.9 Å². The Balaban J connectivity index is 1.63. The minimum absolute atomic E-state index is 0.00692. The van der Waals surface area contributed by atoms with Gasteiger partial charge in [-0.15, -0.1) is 11.3 Å². The molecule has 2 heterocycles. The molecule has 5 nitrogen and oxygen atoms in total. The van der Waals surface area contributed by atoms with E-state index in [4.69, 9.17) is 4.98 Å². The average molecular weight is 440 g/mol. The first-order valence-electron chi connectivity index (χ1n) is 10.6. The zero-order valence-corrected chi connectivity index (χ0v) is 18.9. The zero-order chi connectivity index (χ0) is 20.8. The van der Waals surface area contributed by atoms with Crippen LogP contribution in [-0.4, -0.2) is 27.3 Å². The maximum atomic E-state index is 13.8. The summed E-state index contributed by atoms with van der Waals surface area (Å²) in [5.74, 6) is 0.916. The van der Waals surface area contributed by atoms with E-state index in [1.165, 1.54) is 22.2 Å². The molecule has 1 saturated carbocycles. The largest absolute Gasteiger partial charge is 0.353 e. The van der Waals surface area contributed by atoms with Gasteiger partial charge < -0.3 is 5.32 Å². The highest BCUT2D eigenvalue weighted by Crippen LogP contribution is 2.37. The van der Waals surface area contributed by atoms with Gasteiger partial charge >= 0.3 is 0 Å². The molecule has 2 aliphatic carbocycles. The first-order chi connectivity index (χ1) is 14.5. The molecule has 30 heavy (non-hydrogen) atoms. The molecule has 0 radical (unpaired) electrons. The van der Waals surface area contributed by atoms with E-state index in [9.17, 15) is 9.59 Å². The van der Waals surface area contributed by atoms with E-state index in [0.29, 0.717) is 17.1 Å². The van der Waals surface area contributed by atoms with Crippen molar-refractivity contribution in [3.8, 4) is 5.69 Å². The Bertz CT molecular complexity index is 1190. The summed E-state index contributed by atoms with van der Waals surface area (Å²) in [6.45, 7) is 4.27. The van der Waals surface area contributed by atoms with Gasteiger partial charge in [0.15, 0.2) is 5.16 Å². The number of nitrogens with one attached hydrogen (secondary N) is 1. The SMILES string of the molecule is Cc1ccccc1-n1c(SCC(=O)NC2CC2)nc2sc3c(c2c1=O)CCC(C)C3. The second-order valence-electron chi connectivity index (χ2n) is 8.48. The van der Waals surface area contributed by atoms with Crippen molar-refractivity contribution in [1.82, 2.24) is 14.9 Å². The molecule has 156 valence electrons. The fraction of sp³-hybridized carbons (Fsp3) is 0.435. The second-order valence-corrected chi connectivity index (χ2v) is 10.5. The number of hydrogen-bond donors (Lipinski definition) is 1. The van der Waals surface area contributed by atoms with Crippen LogP contribution in [0.4, 0.5) is 0 Å². The van der Waals surface area contributed by atoms with Gasteiger partial charge in [0.05, 0.1) is 16.8 Å². The van der Waals surface area contributed by atoms with Gasteiger partial charge in [0.2, 0.25) is 5.91 Å². The van der Waals surface area contributed by atoms with Crippen molar-refractivity contribution in [1.29, 1.82) is 0 Å². The molecule has 1 aromatic carbocycles. The minimum atomic E-state index is -0.00791. The van der Waals surface area contributed by atoms with Crippen LogP contribution >= 0.6 is 23.1 Å². The maximum Gasteiger partial charge on any atom is 0.267 e. The summed E-state index contributed by atoms with van der Waals surface area (Å²) in [6.07, 6.45) is 5.20. The topological polar surface area (TPSA) is 64.0 Å². The van der Waals surface area contributed by atoms with Gasteiger partial charge in [-0.3, -0.25) is 14.2 Å². The lowest BCUT2D eigenvalue weighted by Gasteiger charge is -2.18. The van der Waals surface area contributed by atoms with E-state index >= 15 is 0 Å². The van der Waals surface area contributed by atoms with Gasteiger partial charge in [-0.05, 0) is 62.1 Å². The number of carbonyl (C=O) groups is 1. The monoisotopic (exact) mass is 439 g/mol. The van der Waals surface area contributed by atoms with E-state index in [1.54, 1.807) is 15.9 Å². The summed E-state index contributed by atoms with van der Waals surface area (Å²) in [5.41, 5.74) is 3.04. The number of benzene rings is 1. The van der Waals surface area contributed by atoms with E-state index in [2.05, 4.69) is 12.2 Å². The predicted octanol–water partition coefficient (Wildman–Crippen LogP) is 4.25. The van der Waals surface area contributed by atoms with Gasteiger partial charge in [-0.2, -0.15) is 0 Å². The molecule has 2 aromatic heterocycles. The standard InChI is InChI=1S/C23H25N3O2S2/c1-13-7-10-16-18(11-13)30-21-20(16)22(28)26(17-6-4-3-5-14(17)2)23(25-21)29-12-19(27)24-15-8-9-15/h3-6,13,15H,7-12H2,1-2H3,(H,24,27). The van der Waals surface area contributed by atoms with Crippen LogP contribution in [0.3, 0.4) is 0 Å². The Kier molecular flexibility index (Phi) is 5.19. The summed E-state index contributed by atoms with van der Waals surface area (Å²) >= 11 is 3.01. The van der Waals surface area contributed by atoms with Crippen LogP contribution in [0.1, 0.15) is 42.2 Å². The highest BCUT2D eigenvalue weighted by Gasteiger charge is 2.26. The number of para-hydroxylation sites is 1. The minimum Gasteiger partial charge on any atom is -0.353 e. The van der Waals surface area contributed by atoms with Crippen molar-refractivity contribution in [2.75, 3.05) is 5.75 Å². The fourth-order valence-electron chi connectivity index (χ4n) is 4.12. The quantitative estimate of drug-likeness (QED) is 0.477. The fourth-order valence-corrected chi connectivity index (χ4v) is 6.36. The second kappa shape index (κ2) is 7.85. The molecule has 0 spiro atoms. The molecule has 0 bridgehead atoms. The average Bonchev–Trinajstić information content (AvgIpc) is 3.45. The van der Waals surface area contributed by atoms with E-state index in [-0.39, 0.29) is 17.2 Å². The number of thiophene rings is 1. The Morgan fingerprint density at radius 3 is 2.87 bits per heavy atom. The van der Waals surface area contributed by atoms with Crippen LogP contribution in [0, 0.1) is 12.8 Å². The Morgan fingerprint density at radius 1 is 1.30 bits per heavy atom. The highest BCUT2D eigenvalue weighted by atomic mass is 32.2. The van der Waals surface area contributed by atoms with Crippen LogP contribution in [0.5, 0.6) is 0 Å². The molecule has 0 aliphatic heterocycles. The van der Waals surface area contributed by atoms with Crippen LogP contribution in [0.2, 0.25) is 0 Å². The smallest absolute Gasteiger partial charge is 0.267 e. The third kappa shape index (κ3) is 3.69. The third-order valence-electron chi connectivity index (χ3n) is 5.93. The first-order valence-corrected chi connectivity index (χ1v) is 12.4. The lowest BCUT2D eigenvalue weighted by atomic mass is 9.89. The summed E-state index contributed by atoms with van der Waals surface area (Å²) < 4.78 is 1.72. The van der Waals surface area contributed by atoms with Crippen molar-refractivity contribution in [3.63, 3.8) is 0 Å². The summed E-state index contributed by atoms with van der Waals surface area (Å²) in [5, 5.41) is 4.39. The molecule has 1 N–H and O–H groups in total. The van der Waals surface area contributed by atoms with Gasteiger partial charge in [-0.25, -0.2) is 4.98 Å². The number of fused-ring (bicyclic) bond motifs is 3. The molecule has 1 fully saturated rings. The molecule has 1 atom stereocenters. The van der Waals surface area contributed by atoms with Crippen molar-refractivity contribution < 1.29 is 4.79 Å². The molecule has 3 aromatic rings. The van der Waals surface area contributed by atoms with Crippen LogP contribution < -0.4 is 10.9 Å². The molecule has 1 unspecified atom stereocenters. The van der Waals surface area contributed by atoms with E-state index in [0.717, 1.165) is 53.6 Å². The number of aromatic nitrogens is 2. The van der Waals surface area contributed by atoms with Gasteiger partial charge in [0, 0.05) is 10.9 Å². The summed E-state index contributed by atoms with van der Waals surface area (Å²) in [6, 6.07) is 8.21. The Morgan fingerprint density at radius 2 is 2.10 bits per heavy atom. The number of thioether (sulfide) groups is 1.